The number of amides is 1. The van der Waals surface area contributed by atoms with E-state index < -0.39 is 5.91 Å². The first-order valence-electron chi connectivity index (χ1n) is 8.39. The first-order valence-corrected chi connectivity index (χ1v) is 8.39. The van der Waals surface area contributed by atoms with Crippen LogP contribution in [0.3, 0.4) is 0 Å². The molecule has 28 heavy (non-hydrogen) atoms. The largest absolute Gasteiger partial charge is 0.443 e. The number of nitrogens with one attached hydrogen (secondary N) is 1. The minimum atomic E-state index is -0.411. The molecule has 0 aliphatic heterocycles. The van der Waals surface area contributed by atoms with Crippen LogP contribution in [-0.2, 0) is 6.54 Å². The maximum Gasteiger partial charge on any atom is 0.278 e. The van der Waals surface area contributed by atoms with Gasteiger partial charge in [-0.3, -0.25) is 14.3 Å². The lowest BCUT2D eigenvalue weighted by molar-refractivity contribution is 0.100. The van der Waals surface area contributed by atoms with Crippen molar-refractivity contribution in [3.05, 3.63) is 72.3 Å². The predicted octanol–water partition coefficient (Wildman–Crippen LogP) is 3.03. The first kappa shape index (κ1) is 17.4. The van der Waals surface area contributed by atoms with Gasteiger partial charge >= 0.3 is 0 Å². The number of hydrogen-bond donors (Lipinski definition) is 1. The van der Waals surface area contributed by atoms with E-state index in [1.54, 1.807) is 16.9 Å². The van der Waals surface area contributed by atoms with Crippen molar-refractivity contribution < 1.29 is 18.5 Å². The highest BCUT2D eigenvalue weighted by Crippen LogP contribution is 2.23. The van der Waals surface area contributed by atoms with Crippen molar-refractivity contribution >= 4 is 17.4 Å². The zero-order valence-corrected chi connectivity index (χ0v) is 14.8. The van der Waals surface area contributed by atoms with Gasteiger partial charge in [0.2, 0.25) is 0 Å². The van der Waals surface area contributed by atoms with Crippen LogP contribution in [0, 0.1) is 0 Å². The third kappa shape index (κ3) is 3.58. The summed E-state index contributed by atoms with van der Waals surface area (Å²) in [6.07, 6.45) is 4.37. The molecule has 9 heteroatoms. The summed E-state index contributed by atoms with van der Waals surface area (Å²) in [5.74, 6) is 0.286. The molecule has 0 atom stereocenters. The van der Waals surface area contributed by atoms with E-state index in [-0.39, 0.29) is 23.7 Å². The third-order valence-electron chi connectivity index (χ3n) is 3.95. The Kier molecular flexibility index (Phi) is 4.55. The Balaban J connectivity index is 1.46. The van der Waals surface area contributed by atoms with E-state index in [0.717, 1.165) is 5.56 Å². The minimum absolute atomic E-state index is 0.176. The van der Waals surface area contributed by atoms with Gasteiger partial charge in [-0.25, -0.2) is 4.98 Å². The molecule has 0 radical (unpaired) electrons. The number of carbonyl (C=O) groups is 2. The van der Waals surface area contributed by atoms with Gasteiger partial charge in [-0.1, -0.05) is 35.5 Å². The van der Waals surface area contributed by atoms with Crippen LogP contribution in [0.15, 0.2) is 64.1 Å². The third-order valence-corrected chi connectivity index (χ3v) is 3.95. The van der Waals surface area contributed by atoms with E-state index in [0.29, 0.717) is 17.2 Å². The Bertz CT molecular complexity index is 1130. The van der Waals surface area contributed by atoms with E-state index in [1.165, 1.54) is 19.5 Å². The van der Waals surface area contributed by atoms with Crippen LogP contribution in [0.4, 0.5) is 5.69 Å². The van der Waals surface area contributed by atoms with Gasteiger partial charge in [0.1, 0.15) is 12.2 Å². The van der Waals surface area contributed by atoms with Crippen LogP contribution >= 0.6 is 0 Å². The van der Waals surface area contributed by atoms with Gasteiger partial charge < -0.3 is 14.3 Å². The Morgan fingerprint density at radius 1 is 1.21 bits per heavy atom. The fraction of sp³-hybridized carbons (Fsp3) is 0.105. The van der Waals surface area contributed by atoms with E-state index in [9.17, 15) is 9.59 Å². The summed E-state index contributed by atoms with van der Waals surface area (Å²) in [4.78, 5) is 27.9. The van der Waals surface area contributed by atoms with Crippen molar-refractivity contribution in [3.63, 3.8) is 0 Å². The van der Waals surface area contributed by atoms with Crippen molar-refractivity contribution in [2.45, 2.75) is 13.5 Å². The van der Waals surface area contributed by atoms with E-state index in [2.05, 4.69) is 20.6 Å². The molecule has 1 amide bonds. The minimum Gasteiger partial charge on any atom is -0.443 e. The highest BCUT2D eigenvalue weighted by molar-refractivity contribution is 6.06. The summed E-state index contributed by atoms with van der Waals surface area (Å²) in [6.45, 7) is 1.69. The maximum absolute atomic E-state index is 12.6. The van der Waals surface area contributed by atoms with Gasteiger partial charge in [-0.15, -0.1) is 0 Å². The van der Waals surface area contributed by atoms with Crippen LogP contribution in [0.1, 0.15) is 33.7 Å². The molecule has 9 nitrogen and oxygen atoms in total. The topological polar surface area (TPSA) is 116 Å². The predicted molar refractivity (Wildman–Crippen MR) is 97.7 cm³/mol. The summed E-state index contributed by atoms with van der Waals surface area (Å²) in [6, 6.07) is 10.8. The van der Waals surface area contributed by atoms with E-state index >= 15 is 0 Å². The molecule has 0 bridgehead atoms. The number of hydrogen-bond acceptors (Lipinski definition) is 7. The fourth-order valence-electron chi connectivity index (χ4n) is 2.62. The van der Waals surface area contributed by atoms with Gasteiger partial charge in [-0.2, -0.15) is 5.10 Å². The number of nitrogens with zero attached hydrogens (tertiary/aromatic N) is 4. The van der Waals surface area contributed by atoms with E-state index in [4.69, 9.17) is 8.94 Å². The Morgan fingerprint density at radius 2 is 2.04 bits per heavy atom. The molecule has 0 fully saturated rings. The van der Waals surface area contributed by atoms with Crippen LogP contribution in [0.5, 0.6) is 0 Å². The molecule has 0 spiro atoms. The van der Waals surface area contributed by atoms with Crippen molar-refractivity contribution in [2.75, 3.05) is 5.32 Å². The number of anilines is 1. The fourth-order valence-corrected chi connectivity index (χ4v) is 2.62. The normalized spacial score (nSPS) is 10.8. The molecule has 4 aromatic rings. The highest BCUT2D eigenvalue weighted by Gasteiger charge is 2.19. The monoisotopic (exact) mass is 377 g/mol. The number of rotatable bonds is 6. The maximum atomic E-state index is 12.6. The number of oxazole rings is 1. The van der Waals surface area contributed by atoms with Gasteiger partial charge in [0.25, 0.3) is 5.91 Å². The van der Waals surface area contributed by atoms with E-state index in [1.807, 2.05) is 30.3 Å². The summed E-state index contributed by atoms with van der Waals surface area (Å²) < 4.78 is 12.0. The summed E-state index contributed by atoms with van der Waals surface area (Å²) >= 11 is 0. The zero-order chi connectivity index (χ0) is 19.5. The summed E-state index contributed by atoms with van der Waals surface area (Å²) in [5.41, 5.74) is 1.68. The molecule has 0 saturated heterocycles. The molecule has 3 aromatic heterocycles. The average molecular weight is 377 g/mol. The average Bonchev–Trinajstić information content (AvgIpc) is 3.43. The lowest BCUT2D eigenvalue weighted by Gasteiger charge is -2.02. The highest BCUT2D eigenvalue weighted by atomic mass is 16.5. The number of carbonyl (C=O) groups excluding carboxylic acids is 2. The number of Topliss-reactive ketones (excluding diaryl/α,β-unsaturated/α-hetero) is 1. The quantitative estimate of drug-likeness (QED) is 0.513. The van der Waals surface area contributed by atoms with Crippen LogP contribution in [0.25, 0.3) is 11.3 Å². The molecule has 0 unspecified atom stereocenters. The standard InChI is InChI=1S/C19H15N5O4/c1-12(25)16-7-15(28-23-16)10-24-9-14(8-21-24)22-19(26)17-18(27-11-20-17)13-5-3-2-4-6-13/h2-9,11H,10H2,1H3,(H,22,26). The molecular formula is C19H15N5O4. The SMILES string of the molecule is CC(=O)c1cc(Cn2cc(NC(=O)c3ncoc3-c3ccccc3)cn2)on1. The Morgan fingerprint density at radius 3 is 2.79 bits per heavy atom. The number of aromatic nitrogens is 4. The smallest absolute Gasteiger partial charge is 0.278 e. The van der Waals surface area contributed by atoms with Crippen LogP contribution in [-0.4, -0.2) is 31.6 Å². The van der Waals surface area contributed by atoms with Crippen molar-refractivity contribution in [2.24, 2.45) is 0 Å². The van der Waals surface area contributed by atoms with Crippen molar-refractivity contribution in [1.29, 1.82) is 0 Å². The van der Waals surface area contributed by atoms with Gasteiger partial charge in [-0.05, 0) is 0 Å². The lowest BCUT2D eigenvalue weighted by Crippen LogP contribution is -2.13. The van der Waals surface area contributed by atoms with Crippen LogP contribution < -0.4 is 5.32 Å². The summed E-state index contributed by atoms with van der Waals surface area (Å²) in [7, 11) is 0. The Labute approximate surface area is 159 Å². The summed E-state index contributed by atoms with van der Waals surface area (Å²) in [5, 5.41) is 10.6. The number of ketones is 1. The molecule has 0 saturated carbocycles. The molecule has 140 valence electrons. The zero-order valence-electron chi connectivity index (χ0n) is 14.8. The second-order valence-corrected chi connectivity index (χ2v) is 6.01. The molecule has 1 aromatic carbocycles. The lowest BCUT2D eigenvalue weighted by atomic mass is 10.1. The first-order chi connectivity index (χ1) is 13.6. The number of benzene rings is 1. The molecular weight excluding hydrogens is 362 g/mol. The van der Waals surface area contributed by atoms with Gasteiger partial charge in [0, 0.05) is 24.8 Å². The second kappa shape index (κ2) is 7.31. The second-order valence-electron chi connectivity index (χ2n) is 6.01. The van der Waals surface area contributed by atoms with Crippen molar-refractivity contribution in [3.8, 4) is 11.3 Å². The molecule has 0 aliphatic rings. The molecule has 4 rings (SSSR count). The van der Waals surface area contributed by atoms with Gasteiger partial charge in [0.15, 0.2) is 29.4 Å². The molecule has 3 heterocycles. The molecule has 1 N–H and O–H groups in total. The van der Waals surface area contributed by atoms with Crippen LogP contribution in [0.2, 0.25) is 0 Å². The molecule has 0 aliphatic carbocycles. The van der Waals surface area contributed by atoms with Crippen molar-refractivity contribution in [1.82, 2.24) is 19.9 Å². The van der Waals surface area contributed by atoms with Gasteiger partial charge in [0.05, 0.1) is 11.9 Å². The Hall–Kier alpha value is -4.01.